The molecule has 0 aliphatic carbocycles. The Kier molecular flexibility index (Phi) is 4.22. The normalized spacial score (nSPS) is 39.3. The van der Waals surface area contributed by atoms with Crippen LogP contribution in [0.15, 0.2) is 0 Å². The fraction of sp³-hybridized carbons (Fsp3) is 0.846. The van der Waals surface area contributed by atoms with Crippen LogP contribution in [-0.2, 0) is 14.3 Å². The summed E-state index contributed by atoms with van der Waals surface area (Å²) < 4.78 is 5.39. The minimum absolute atomic E-state index is 0.0207. The first-order chi connectivity index (χ1) is 10.1. The number of hydrogen-bond acceptors (Lipinski definition) is 7. The lowest BCUT2D eigenvalue weighted by Crippen LogP contribution is -2.83. The van der Waals surface area contributed by atoms with Crippen LogP contribution < -0.4 is 10.6 Å². The van der Waals surface area contributed by atoms with Crippen molar-refractivity contribution in [1.29, 1.82) is 0 Å². The number of carbonyl (C=O) groups excluding carboxylic acids is 2. The summed E-state index contributed by atoms with van der Waals surface area (Å²) in [7, 11) is 0. The summed E-state index contributed by atoms with van der Waals surface area (Å²) in [6.07, 6.45) is -1.23. The molecular weight excluding hydrogens is 296 g/mol. The molecule has 9 heteroatoms. The van der Waals surface area contributed by atoms with Crippen molar-refractivity contribution in [2.75, 3.05) is 13.2 Å². The maximum absolute atomic E-state index is 12.4. The lowest BCUT2D eigenvalue weighted by Gasteiger charge is -2.51. The summed E-state index contributed by atoms with van der Waals surface area (Å²) in [6.45, 7) is 1.98. The van der Waals surface area contributed by atoms with E-state index < -0.39 is 47.5 Å². The summed E-state index contributed by atoms with van der Waals surface area (Å²) in [5.41, 5.74) is -6.46. The van der Waals surface area contributed by atoms with Gasteiger partial charge in [-0.25, -0.2) is 0 Å². The van der Waals surface area contributed by atoms with Crippen molar-refractivity contribution in [2.24, 2.45) is 5.92 Å². The van der Waals surface area contributed by atoms with Gasteiger partial charge in [-0.2, -0.15) is 0 Å². The van der Waals surface area contributed by atoms with Gasteiger partial charge in [-0.05, 0) is 19.8 Å². The van der Waals surface area contributed by atoms with Crippen LogP contribution in [0.5, 0.6) is 0 Å². The predicted octanol–water partition coefficient (Wildman–Crippen LogP) is -2.83. The van der Waals surface area contributed by atoms with Gasteiger partial charge in [-0.15, -0.1) is 0 Å². The fourth-order valence-electron chi connectivity index (χ4n) is 2.90. The first-order valence-electron chi connectivity index (χ1n) is 7.17. The molecule has 3 fully saturated rings. The second-order valence-corrected chi connectivity index (χ2v) is 6.07. The van der Waals surface area contributed by atoms with Crippen LogP contribution in [0.2, 0.25) is 0 Å². The number of nitrogens with one attached hydrogen (secondary N) is 2. The number of ether oxygens (including phenoxy) is 1. The van der Waals surface area contributed by atoms with E-state index in [9.17, 15) is 24.9 Å². The van der Waals surface area contributed by atoms with E-state index in [2.05, 4.69) is 10.6 Å². The largest absolute Gasteiger partial charge is 0.393 e. The summed E-state index contributed by atoms with van der Waals surface area (Å²) in [5.74, 6) is -2.45. The van der Waals surface area contributed by atoms with E-state index in [4.69, 9.17) is 9.84 Å². The van der Waals surface area contributed by atoms with Crippen LogP contribution in [0.1, 0.15) is 26.7 Å². The maximum atomic E-state index is 12.4. The second-order valence-electron chi connectivity index (χ2n) is 6.07. The van der Waals surface area contributed by atoms with E-state index in [0.29, 0.717) is 6.42 Å². The molecular formula is C13H22N2O7. The molecule has 2 bridgehead atoms. The number of amides is 2. The standard InChI is InChI=1S/C13H22N2O7/c1-3-7-4-5-22-13(8(17)11(2,20)6-16)10(19)14-12(7,21)9(18)15-13/h7-8,16-17,20-21H,3-6H2,1-2H3,(H,14,19)(H,15,18)/t7-,8-,11-,12-,13+/m1/s1. The number of aliphatic hydroxyl groups is 4. The molecule has 0 spiro atoms. The first-order valence-corrected chi connectivity index (χ1v) is 7.17. The molecule has 5 atom stereocenters. The molecule has 0 aromatic carbocycles. The van der Waals surface area contributed by atoms with Gasteiger partial charge in [0.1, 0.15) is 11.7 Å². The highest BCUT2D eigenvalue weighted by Crippen LogP contribution is 2.34. The van der Waals surface area contributed by atoms with E-state index in [0.717, 1.165) is 6.92 Å². The number of fused-ring (bicyclic) bond motifs is 5. The molecule has 0 radical (unpaired) electrons. The van der Waals surface area contributed by atoms with Crippen molar-refractivity contribution in [1.82, 2.24) is 10.6 Å². The Labute approximate surface area is 127 Å². The van der Waals surface area contributed by atoms with E-state index in [1.807, 2.05) is 0 Å². The van der Waals surface area contributed by atoms with Crippen LogP contribution in [0.4, 0.5) is 0 Å². The predicted molar refractivity (Wildman–Crippen MR) is 72.0 cm³/mol. The van der Waals surface area contributed by atoms with Crippen molar-refractivity contribution >= 4 is 11.8 Å². The summed E-state index contributed by atoms with van der Waals surface area (Å²) in [4.78, 5) is 24.7. The highest BCUT2D eigenvalue weighted by molar-refractivity contribution is 6.01. The lowest BCUT2D eigenvalue weighted by molar-refractivity contribution is -0.241. The molecule has 3 saturated heterocycles. The molecule has 3 heterocycles. The van der Waals surface area contributed by atoms with Crippen LogP contribution in [0, 0.1) is 5.92 Å². The van der Waals surface area contributed by atoms with Gasteiger partial charge in [-0.1, -0.05) is 6.92 Å². The smallest absolute Gasteiger partial charge is 0.278 e. The van der Waals surface area contributed by atoms with E-state index in [1.165, 1.54) is 0 Å². The summed E-state index contributed by atoms with van der Waals surface area (Å²) in [6, 6.07) is 0. The lowest BCUT2D eigenvalue weighted by atomic mass is 9.81. The molecule has 0 aromatic heterocycles. The number of carbonyl (C=O) groups is 2. The molecule has 126 valence electrons. The van der Waals surface area contributed by atoms with E-state index in [1.54, 1.807) is 6.92 Å². The molecule has 0 aromatic rings. The fourth-order valence-corrected chi connectivity index (χ4v) is 2.90. The summed E-state index contributed by atoms with van der Waals surface area (Å²) in [5, 5.41) is 44.3. The minimum atomic E-state index is -2.27. The van der Waals surface area contributed by atoms with Crippen LogP contribution in [-0.4, -0.2) is 68.6 Å². The second kappa shape index (κ2) is 5.43. The Morgan fingerprint density at radius 1 is 1.41 bits per heavy atom. The maximum Gasteiger partial charge on any atom is 0.278 e. The Hall–Kier alpha value is -1.26. The number of aliphatic hydroxyl groups excluding tert-OH is 2. The molecule has 9 nitrogen and oxygen atoms in total. The van der Waals surface area contributed by atoms with E-state index >= 15 is 0 Å². The zero-order valence-corrected chi connectivity index (χ0v) is 12.5. The van der Waals surface area contributed by atoms with Crippen molar-refractivity contribution in [3.05, 3.63) is 0 Å². The number of hydrogen-bond donors (Lipinski definition) is 6. The minimum Gasteiger partial charge on any atom is -0.393 e. The van der Waals surface area contributed by atoms with Crippen molar-refractivity contribution in [3.8, 4) is 0 Å². The molecule has 6 N–H and O–H groups in total. The van der Waals surface area contributed by atoms with Crippen LogP contribution in [0.3, 0.4) is 0 Å². The quantitative estimate of drug-likeness (QED) is 0.327. The number of piperazine rings is 1. The molecule has 3 rings (SSSR count). The van der Waals surface area contributed by atoms with Gasteiger partial charge in [0, 0.05) is 5.92 Å². The Balaban J connectivity index is 2.44. The van der Waals surface area contributed by atoms with Gasteiger partial charge in [-0.3, -0.25) is 9.59 Å². The molecule has 0 unspecified atom stereocenters. The number of rotatable bonds is 4. The molecule has 3 aliphatic heterocycles. The third-order valence-electron chi connectivity index (χ3n) is 4.46. The summed E-state index contributed by atoms with van der Waals surface area (Å²) >= 11 is 0. The highest BCUT2D eigenvalue weighted by Gasteiger charge is 2.64. The average molecular weight is 318 g/mol. The molecule has 3 aliphatic rings. The van der Waals surface area contributed by atoms with Crippen LogP contribution in [0.25, 0.3) is 0 Å². The van der Waals surface area contributed by atoms with Crippen molar-refractivity contribution < 1.29 is 34.8 Å². The van der Waals surface area contributed by atoms with Crippen LogP contribution >= 0.6 is 0 Å². The van der Waals surface area contributed by atoms with Gasteiger partial charge in [0.15, 0.2) is 0 Å². The first kappa shape index (κ1) is 17.1. The Morgan fingerprint density at radius 3 is 2.59 bits per heavy atom. The zero-order chi connectivity index (χ0) is 16.8. The highest BCUT2D eigenvalue weighted by atomic mass is 16.5. The Morgan fingerprint density at radius 2 is 2.05 bits per heavy atom. The van der Waals surface area contributed by atoms with Gasteiger partial charge in [0.05, 0.1) is 13.2 Å². The monoisotopic (exact) mass is 318 g/mol. The van der Waals surface area contributed by atoms with Gasteiger partial charge in [0.25, 0.3) is 17.5 Å². The molecule has 22 heavy (non-hydrogen) atoms. The van der Waals surface area contributed by atoms with Crippen molar-refractivity contribution in [2.45, 2.75) is 49.8 Å². The van der Waals surface area contributed by atoms with E-state index in [-0.39, 0.29) is 13.0 Å². The molecule has 2 amide bonds. The van der Waals surface area contributed by atoms with Gasteiger partial charge < -0.3 is 35.8 Å². The average Bonchev–Trinajstić information content (AvgIpc) is 2.46. The molecule has 0 saturated carbocycles. The topological polar surface area (TPSA) is 148 Å². The van der Waals surface area contributed by atoms with Gasteiger partial charge in [0.2, 0.25) is 5.72 Å². The Bertz CT molecular complexity index is 483. The van der Waals surface area contributed by atoms with Crippen molar-refractivity contribution in [3.63, 3.8) is 0 Å². The SMILES string of the molecule is CC[C@@H]1CCO[C@]2([C@H](O)[C@](C)(O)CO)NC(=O)[C@@]1(O)NC2=O. The third kappa shape index (κ3) is 2.29. The third-order valence-corrected chi connectivity index (χ3v) is 4.46. The van der Waals surface area contributed by atoms with Gasteiger partial charge >= 0.3 is 0 Å². The zero-order valence-electron chi connectivity index (χ0n) is 12.5.